The van der Waals surface area contributed by atoms with Gasteiger partial charge in [-0.05, 0) is 12.8 Å². The topological polar surface area (TPSA) is 98.7 Å². The fourth-order valence-corrected chi connectivity index (χ4v) is 1.76. The van der Waals surface area contributed by atoms with Crippen LogP contribution in [0.25, 0.3) is 0 Å². The van der Waals surface area contributed by atoms with Crippen molar-refractivity contribution in [1.82, 2.24) is 10.6 Å². The highest BCUT2D eigenvalue weighted by atomic mass is 16.4. The molecule has 1 aliphatic rings. The molecular weight excluding hydrogens is 212 g/mol. The van der Waals surface area contributed by atoms with Gasteiger partial charge in [0.1, 0.15) is 0 Å². The number of carboxylic acid groups (broad SMARTS) is 1. The molecule has 92 valence electrons. The lowest BCUT2D eigenvalue weighted by Gasteiger charge is -2.23. The highest BCUT2D eigenvalue weighted by Gasteiger charge is 2.17. The second-order valence-corrected chi connectivity index (χ2v) is 4.04. The highest BCUT2D eigenvalue weighted by Crippen LogP contribution is 2.16. The molecule has 0 saturated heterocycles. The van der Waals surface area contributed by atoms with Crippen LogP contribution in [-0.4, -0.2) is 40.9 Å². The van der Waals surface area contributed by atoms with Crippen LogP contribution in [0.3, 0.4) is 0 Å². The molecule has 1 aliphatic carbocycles. The van der Waals surface area contributed by atoms with Crippen LogP contribution in [0.5, 0.6) is 0 Å². The zero-order chi connectivity index (χ0) is 12.0. The molecule has 1 unspecified atom stereocenters. The summed E-state index contributed by atoms with van der Waals surface area (Å²) in [5.41, 5.74) is 0. The average molecular weight is 230 g/mol. The van der Waals surface area contributed by atoms with Crippen LogP contribution < -0.4 is 10.6 Å². The van der Waals surface area contributed by atoms with Crippen molar-refractivity contribution in [1.29, 1.82) is 0 Å². The summed E-state index contributed by atoms with van der Waals surface area (Å²) in [4.78, 5) is 21.6. The summed E-state index contributed by atoms with van der Waals surface area (Å²) in [5.74, 6) is -1.34. The fourth-order valence-electron chi connectivity index (χ4n) is 1.76. The Kier molecular flexibility index (Phi) is 5.04. The van der Waals surface area contributed by atoms with Crippen molar-refractivity contribution in [2.24, 2.45) is 0 Å². The summed E-state index contributed by atoms with van der Waals surface area (Å²) in [6, 6.07) is -0.233. The highest BCUT2D eigenvalue weighted by molar-refractivity contribution is 5.76. The Balaban J connectivity index is 2.17. The van der Waals surface area contributed by atoms with Gasteiger partial charge in [-0.25, -0.2) is 9.59 Å². The number of rotatable bonds is 4. The van der Waals surface area contributed by atoms with Crippen LogP contribution in [0.2, 0.25) is 0 Å². The molecule has 0 aromatic heterocycles. The van der Waals surface area contributed by atoms with E-state index >= 15 is 0 Å². The lowest BCUT2D eigenvalue weighted by atomic mass is 9.96. The summed E-state index contributed by atoms with van der Waals surface area (Å²) in [6.07, 6.45) is 3.82. The number of hydrogen-bond donors (Lipinski definition) is 4. The molecule has 1 atom stereocenters. The van der Waals surface area contributed by atoms with E-state index in [4.69, 9.17) is 10.2 Å². The number of aliphatic carboxylic acids is 1. The first-order valence-corrected chi connectivity index (χ1v) is 5.55. The maximum absolute atomic E-state index is 11.3. The molecule has 6 nitrogen and oxygen atoms in total. The first-order chi connectivity index (χ1) is 7.59. The fraction of sp³-hybridized carbons (Fsp3) is 0.800. The van der Waals surface area contributed by atoms with Crippen molar-refractivity contribution < 1.29 is 19.8 Å². The van der Waals surface area contributed by atoms with E-state index in [1.54, 1.807) is 0 Å². The summed E-state index contributed by atoms with van der Waals surface area (Å²) in [6.45, 7) is -0.270. The van der Waals surface area contributed by atoms with Crippen LogP contribution in [0.15, 0.2) is 0 Å². The van der Waals surface area contributed by atoms with Crippen LogP contribution in [0.4, 0.5) is 4.79 Å². The Labute approximate surface area is 94.0 Å². The van der Waals surface area contributed by atoms with Gasteiger partial charge in [-0.1, -0.05) is 19.3 Å². The third-order valence-corrected chi connectivity index (χ3v) is 2.68. The first-order valence-electron chi connectivity index (χ1n) is 5.55. The number of carbonyl (C=O) groups is 2. The van der Waals surface area contributed by atoms with Gasteiger partial charge in [0.15, 0.2) is 6.10 Å². The molecule has 6 heteroatoms. The van der Waals surface area contributed by atoms with E-state index < -0.39 is 18.1 Å². The smallest absolute Gasteiger partial charge is 0.334 e. The van der Waals surface area contributed by atoms with Crippen LogP contribution >= 0.6 is 0 Å². The molecule has 2 amide bonds. The minimum absolute atomic E-state index is 0.177. The molecule has 0 heterocycles. The lowest BCUT2D eigenvalue weighted by Crippen LogP contribution is -2.46. The molecule has 16 heavy (non-hydrogen) atoms. The first kappa shape index (κ1) is 12.8. The van der Waals surface area contributed by atoms with Gasteiger partial charge >= 0.3 is 12.0 Å². The SMILES string of the molecule is O=C(NCC(O)C(=O)O)NC1CCCCC1. The predicted octanol–water partition coefficient (Wildman–Crippen LogP) is 0.0638. The summed E-state index contributed by atoms with van der Waals surface area (Å²) in [5, 5.41) is 22.4. The number of aliphatic hydroxyl groups excluding tert-OH is 1. The number of nitrogens with one attached hydrogen (secondary N) is 2. The van der Waals surface area contributed by atoms with Crippen molar-refractivity contribution >= 4 is 12.0 Å². The Bertz CT molecular complexity index is 251. The molecule has 0 aromatic rings. The summed E-state index contributed by atoms with van der Waals surface area (Å²) < 4.78 is 0. The molecule has 0 spiro atoms. The largest absolute Gasteiger partial charge is 0.479 e. The Hall–Kier alpha value is -1.30. The molecule has 4 N–H and O–H groups in total. The number of urea groups is 1. The van der Waals surface area contributed by atoms with Crippen molar-refractivity contribution in [2.75, 3.05) is 6.54 Å². The van der Waals surface area contributed by atoms with E-state index in [1.165, 1.54) is 6.42 Å². The van der Waals surface area contributed by atoms with Gasteiger partial charge in [0.2, 0.25) is 0 Å². The van der Waals surface area contributed by atoms with E-state index in [2.05, 4.69) is 10.6 Å². The molecule has 1 fully saturated rings. The quantitative estimate of drug-likeness (QED) is 0.549. The minimum atomic E-state index is -1.54. The van der Waals surface area contributed by atoms with Crippen LogP contribution in [0, 0.1) is 0 Å². The molecule has 1 saturated carbocycles. The van der Waals surface area contributed by atoms with Gasteiger partial charge in [0.05, 0.1) is 6.54 Å². The van der Waals surface area contributed by atoms with Crippen LogP contribution in [0.1, 0.15) is 32.1 Å². The Morgan fingerprint density at radius 1 is 1.25 bits per heavy atom. The number of amides is 2. The Morgan fingerprint density at radius 3 is 2.44 bits per heavy atom. The van der Waals surface area contributed by atoms with E-state index in [0.29, 0.717) is 0 Å². The van der Waals surface area contributed by atoms with Gasteiger partial charge in [0, 0.05) is 6.04 Å². The maximum atomic E-state index is 11.3. The van der Waals surface area contributed by atoms with E-state index in [-0.39, 0.29) is 12.6 Å². The van der Waals surface area contributed by atoms with Crippen LogP contribution in [-0.2, 0) is 4.79 Å². The standard InChI is InChI=1S/C10H18N2O4/c13-8(9(14)15)6-11-10(16)12-7-4-2-1-3-5-7/h7-8,13H,1-6H2,(H,14,15)(H2,11,12,16). The minimum Gasteiger partial charge on any atom is -0.479 e. The number of hydrogen-bond acceptors (Lipinski definition) is 3. The lowest BCUT2D eigenvalue weighted by molar-refractivity contribution is -0.146. The van der Waals surface area contributed by atoms with E-state index in [9.17, 15) is 9.59 Å². The zero-order valence-electron chi connectivity index (χ0n) is 9.11. The maximum Gasteiger partial charge on any atom is 0.334 e. The summed E-state index contributed by atoms with van der Waals surface area (Å²) in [7, 11) is 0. The van der Waals surface area contributed by atoms with Gasteiger partial charge in [-0.15, -0.1) is 0 Å². The second kappa shape index (κ2) is 6.32. The molecule has 0 radical (unpaired) electrons. The third kappa shape index (κ3) is 4.48. The zero-order valence-corrected chi connectivity index (χ0v) is 9.11. The van der Waals surface area contributed by atoms with E-state index in [0.717, 1.165) is 25.7 Å². The molecule has 0 aliphatic heterocycles. The van der Waals surface area contributed by atoms with Gasteiger partial charge < -0.3 is 20.8 Å². The van der Waals surface area contributed by atoms with Gasteiger partial charge in [-0.3, -0.25) is 0 Å². The monoisotopic (exact) mass is 230 g/mol. The van der Waals surface area contributed by atoms with Crippen molar-refractivity contribution in [2.45, 2.75) is 44.2 Å². The molecular formula is C10H18N2O4. The van der Waals surface area contributed by atoms with Crippen molar-refractivity contribution in [3.8, 4) is 0 Å². The third-order valence-electron chi connectivity index (χ3n) is 2.68. The summed E-state index contributed by atoms with van der Waals surface area (Å²) >= 11 is 0. The van der Waals surface area contributed by atoms with Gasteiger partial charge in [-0.2, -0.15) is 0 Å². The predicted molar refractivity (Wildman–Crippen MR) is 57.1 cm³/mol. The Morgan fingerprint density at radius 2 is 1.88 bits per heavy atom. The molecule has 0 bridgehead atoms. The number of aliphatic hydroxyl groups is 1. The normalized spacial score (nSPS) is 18.8. The molecule has 1 rings (SSSR count). The second-order valence-electron chi connectivity index (χ2n) is 4.04. The number of carbonyl (C=O) groups excluding carboxylic acids is 1. The van der Waals surface area contributed by atoms with Crippen molar-refractivity contribution in [3.63, 3.8) is 0 Å². The van der Waals surface area contributed by atoms with E-state index in [1.807, 2.05) is 0 Å². The van der Waals surface area contributed by atoms with Gasteiger partial charge in [0.25, 0.3) is 0 Å². The number of carboxylic acids is 1. The van der Waals surface area contributed by atoms with Crippen molar-refractivity contribution in [3.05, 3.63) is 0 Å². The average Bonchev–Trinajstić information content (AvgIpc) is 2.27. The molecule has 0 aromatic carbocycles.